The van der Waals surface area contributed by atoms with Crippen molar-refractivity contribution in [2.75, 3.05) is 9.62 Å². The van der Waals surface area contributed by atoms with Crippen LogP contribution in [0.25, 0.3) is 55.6 Å². The fourth-order valence-electron chi connectivity index (χ4n) is 9.84. The predicted molar refractivity (Wildman–Crippen MR) is 221 cm³/mol. The molecule has 0 bridgehead atoms. The van der Waals surface area contributed by atoms with Crippen molar-refractivity contribution in [3.8, 4) is 55.6 Å². The fourth-order valence-corrected chi connectivity index (χ4v) is 9.84. The van der Waals surface area contributed by atoms with Gasteiger partial charge >= 0.3 is 13.7 Å². The van der Waals surface area contributed by atoms with Crippen molar-refractivity contribution in [2.45, 2.75) is 0 Å². The molecule has 4 aliphatic rings. The van der Waals surface area contributed by atoms with Gasteiger partial charge in [0.25, 0.3) is 0 Å². The third kappa shape index (κ3) is 3.66. The van der Waals surface area contributed by atoms with Gasteiger partial charge in [-0.25, -0.2) is 0 Å². The van der Waals surface area contributed by atoms with E-state index in [1.165, 1.54) is 100 Å². The predicted octanol–water partition coefficient (Wildman–Crippen LogP) is 9.16. The molecule has 4 heterocycles. The van der Waals surface area contributed by atoms with E-state index in [1.54, 1.807) is 0 Å². The summed E-state index contributed by atoms with van der Waals surface area (Å²) in [5.74, 6) is 0. The van der Waals surface area contributed by atoms with E-state index < -0.39 is 0 Å². The SMILES string of the molecule is c1ccc2c(c1)B1c3cc(-c4cccc5c4B4c6ccccc6-c6ccccc6N4c4ccccc4-5)ccc3-c3ccccc3N1c1ccccc1-2. The average molecular weight is 656 g/mol. The van der Waals surface area contributed by atoms with Gasteiger partial charge in [0.2, 0.25) is 0 Å². The van der Waals surface area contributed by atoms with Gasteiger partial charge in [-0.1, -0.05) is 158 Å². The summed E-state index contributed by atoms with van der Waals surface area (Å²) in [5, 5.41) is 0. The van der Waals surface area contributed by atoms with Gasteiger partial charge in [0.1, 0.15) is 0 Å². The van der Waals surface area contributed by atoms with Gasteiger partial charge in [0.05, 0.1) is 0 Å². The summed E-state index contributed by atoms with van der Waals surface area (Å²) < 4.78 is 0. The van der Waals surface area contributed by atoms with Crippen molar-refractivity contribution >= 4 is 58.3 Å². The Bertz CT molecular complexity index is 2800. The van der Waals surface area contributed by atoms with Crippen LogP contribution in [0, 0.1) is 0 Å². The highest BCUT2D eigenvalue weighted by Gasteiger charge is 2.45. The zero-order chi connectivity index (χ0) is 33.9. The molecule has 8 aromatic carbocycles. The van der Waals surface area contributed by atoms with Crippen LogP contribution in [0.15, 0.2) is 182 Å². The second kappa shape index (κ2) is 10.5. The summed E-state index contributed by atoms with van der Waals surface area (Å²) in [6, 6.07) is 68.0. The lowest BCUT2D eigenvalue weighted by atomic mass is 9.41. The van der Waals surface area contributed by atoms with Crippen molar-refractivity contribution in [3.05, 3.63) is 182 Å². The molecule has 0 amide bonds. The molecule has 2 nitrogen and oxygen atoms in total. The van der Waals surface area contributed by atoms with Gasteiger partial charge in [-0.15, -0.1) is 0 Å². The highest BCUT2D eigenvalue weighted by Crippen LogP contribution is 2.48. The Hall–Kier alpha value is -6.51. The van der Waals surface area contributed by atoms with Crippen LogP contribution < -0.4 is 31.5 Å². The lowest BCUT2D eigenvalue weighted by Crippen LogP contribution is -2.60. The Balaban J connectivity index is 1.14. The zero-order valence-electron chi connectivity index (χ0n) is 28.4. The largest absolute Gasteiger partial charge is 0.376 e. The first-order valence-corrected chi connectivity index (χ1v) is 18.3. The molecule has 0 saturated carbocycles. The number of para-hydroxylation sites is 4. The van der Waals surface area contributed by atoms with Crippen LogP contribution >= 0.6 is 0 Å². The maximum absolute atomic E-state index is 2.60. The summed E-state index contributed by atoms with van der Waals surface area (Å²) in [7, 11) is 0. The molecule has 8 aromatic rings. The number of hydrogen-bond acceptors (Lipinski definition) is 2. The highest BCUT2D eigenvalue weighted by atomic mass is 15.1. The molecule has 0 N–H and O–H groups in total. The molecule has 4 aliphatic heterocycles. The Labute approximate surface area is 304 Å². The molecular formula is C48H30B2N2. The topological polar surface area (TPSA) is 6.48 Å². The standard InChI is InChI=1S/C48H30B2N2/c1-7-22-41-33(14-1)36-16-3-9-24-44(36)51-45-25-10-5-18-38(45)35-29-28-31(30-43(35)49(41)51)32-20-13-21-40-39-19-6-12-27-47(39)52-46-26-11-4-17-37(46)34-15-2-8-23-42(34)50(52)48(32)40/h1-30H. The molecule has 12 rings (SSSR count). The van der Waals surface area contributed by atoms with E-state index in [4.69, 9.17) is 0 Å². The van der Waals surface area contributed by atoms with Crippen LogP contribution in [-0.2, 0) is 0 Å². The van der Waals surface area contributed by atoms with E-state index in [1.807, 2.05) is 0 Å². The highest BCUT2D eigenvalue weighted by molar-refractivity contribution is 6.94. The first kappa shape index (κ1) is 28.2. The van der Waals surface area contributed by atoms with Crippen LogP contribution in [0.2, 0.25) is 0 Å². The summed E-state index contributed by atoms with van der Waals surface area (Å²) in [6.45, 7) is 0.0812. The molecule has 238 valence electrons. The van der Waals surface area contributed by atoms with Gasteiger partial charge < -0.3 is 9.62 Å². The van der Waals surface area contributed by atoms with Gasteiger partial charge in [-0.3, -0.25) is 0 Å². The molecule has 0 atom stereocenters. The monoisotopic (exact) mass is 656 g/mol. The summed E-state index contributed by atoms with van der Waals surface area (Å²) in [6.07, 6.45) is 0. The number of anilines is 4. The summed E-state index contributed by atoms with van der Waals surface area (Å²) in [4.78, 5) is 5.19. The molecule has 0 unspecified atom stereocenters. The zero-order valence-corrected chi connectivity index (χ0v) is 28.4. The quantitative estimate of drug-likeness (QED) is 0.163. The number of benzene rings is 8. The van der Waals surface area contributed by atoms with Crippen molar-refractivity contribution in [3.63, 3.8) is 0 Å². The Kier molecular flexibility index (Phi) is 5.70. The van der Waals surface area contributed by atoms with Crippen LogP contribution in [-0.4, -0.2) is 13.7 Å². The van der Waals surface area contributed by atoms with Gasteiger partial charge in [0.15, 0.2) is 0 Å². The van der Waals surface area contributed by atoms with Crippen LogP contribution in [0.3, 0.4) is 0 Å². The number of fused-ring (bicyclic) bond motifs is 22. The van der Waals surface area contributed by atoms with Gasteiger partial charge in [-0.2, -0.15) is 0 Å². The number of rotatable bonds is 1. The molecule has 0 saturated heterocycles. The first-order chi connectivity index (χ1) is 25.8. The average Bonchev–Trinajstić information content (AvgIpc) is 3.23. The van der Waals surface area contributed by atoms with E-state index >= 15 is 0 Å². The Morgan fingerprint density at radius 1 is 0.269 bits per heavy atom. The van der Waals surface area contributed by atoms with Crippen molar-refractivity contribution in [1.82, 2.24) is 0 Å². The molecule has 0 spiro atoms. The van der Waals surface area contributed by atoms with Crippen LogP contribution in [0.4, 0.5) is 22.7 Å². The number of hydrogen-bond donors (Lipinski definition) is 0. The lowest BCUT2D eigenvalue weighted by Gasteiger charge is -2.44. The summed E-state index contributed by atoms with van der Waals surface area (Å²) >= 11 is 0. The van der Waals surface area contributed by atoms with Crippen LogP contribution in [0.1, 0.15) is 0 Å². The van der Waals surface area contributed by atoms with Crippen molar-refractivity contribution in [2.24, 2.45) is 0 Å². The second-order valence-electron chi connectivity index (χ2n) is 14.4. The van der Waals surface area contributed by atoms with Gasteiger partial charge in [0, 0.05) is 45.0 Å². The third-order valence-electron chi connectivity index (χ3n) is 11.9. The molecule has 0 aliphatic carbocycles. The minimum absolute atomic E-state index is 0.0303. The smallest absolute Gasteiger partial charge is 0.330 e. The Morgan fingerprint density at radius 3 is 1.21 bits per heavy atom. The second-order valence-corrected chi connectivity index (χ2v) is 14.4. The van der Waals surface area contributed by atoms with E-state index in [-0.39, 0.29) is 13.7 Å². The molecule has 0 aromatic heterocycles. The van der Waals surface area contributed by atoms with Crippen LogP contribution in [0.5, 0.6) is 0 Å². The van der Waals surface area contributed by atoms with E-state index in [2.05, 4.69) is 192 Å². The van der Waals surface area contributed by atoms with Crippen molar-refractivity contribution in [1.29, 1.82) is 0 Å². The van der Waals surface area contributed by atoms with E-state index in [0.29, 0.717) is 0 Å². The molecular weight excluding hydrogens is 626 g/mol. The Morgan fingerprint density at radius 2 is 0.654 bits per heavy atom. The molecule has 0 fully saturated rings. The lowest BCUT2D eigenvalue weighted by molar-refractivity contribution is 1.34. The fraction of sp³-hybridized carbons (Fsp3) is 0. The first-order valence-electron chi connectivity index (χ1n) is 18.3. The minimum Gasteiger partial charge on any atom is -0.376 e. The molecule has 52 heavy (non-hydrogen) atoms. The molecule has 4 heteroatoms. The number of nitrogens with zero attached hydrogens (tertiary/aromatic N) is 2. The normalized spacial score (nSPS) is 13.6. The van der Waals surface area contributed by atoms with E-state index in [0.717, 1.165) is 0 Å². The third-order valence-corrected chi connectivity index (χ3v) is 11.9. The van der Waals surface area contributed by atoms with Gasteiger partial charge in [-0.05, 0) is 79.5 Å². The minimum atomic E-state index is 0.0303. The maximum Gasteiger partial charge on any atom is 0.330 e. The molecule has 0 radical (unpaired) electrons. The summed E-state index contributed by atoms with van der Waals surface area (Å²) in [5.41, 5.74) is 23.4. The van der Waals surface area contributed by atoms with E-state index in [9.17, 15) is 0 Å². The van der Waals surface area contributed by atoms with Crippen molar-refractivity contribution < 1.29 is 0 Å². The maximum atomic E-state index is 2.60.